The maximum atomic E-state index is 10.3. The first-order valence-electron chi connectivity index (χ1n) is 5.37. The predicted molar refractivity (Wildman–Crippen MR) is 76.7 cm³/mol. The van der Waals surface area contributed by atoms with E-state index in [0.717, 1.165) is 5.56 Å². The molecule has 0 aliphatic carbocycles. The van der Waals surface area contributed by atoms with Gasteiger partial charge in [0.05, 0.1) is 0 Å². The highest BCUT2D eigenvalue weighted by Crippen LogP contribution is 2.31. The van der Waals surface area contributed by atoms with Gasteiger partial charge in [-0.3, -0.25) is 0 Å². The van der Waals surface area contributed by atoms with Gasteiger partial charge in [0.1, 0.15) is 6.10 Å². The molecule has 0 aliphatic rings. The summed E-state index contributed by atoms with van der Waals surface area (Å²) in [5.74, 6) is 0. The zero-order valence-corrected chi connectivity index (χ0v) is 11.9. The highest BCUT2D eigenvalue weighted by Gasteiger charge is 2.15. The summed E-state index contributed by atoms with van der Waals surface area (Å²) in [6.45, 7) is 1.92. The summed E-state index contributed by atoms with van der Waals surface area (Å²) in [6.07, 6.45) is -0.813. The van der Waals surface area contributed by atoms with Gasteiger partial charge in [0.15, 0.2) is 0 Å². The Morgan fingerprint density at radius 1 is 0.944 bits per heavy atom. The van der Waals surface area contributed by atoms with Crippen LogP contribution < -0.4 is 0 Å². The van der Waals surface area contributed by atoms with Crippen LogP contribution in [0.4, 0.5) is 0 Å². The second-order valence-corrected chi connectivity index (χ2v) is 5.41. The summed E-state index contributed by atoms with van der Waals surface area (Å²) in [5.41, 5.74) is 2.31. The van der Waals surface area contributed by atoms with Gasteiger partial charge in [-0.05, 0) is 42.3 Å². The van der Waals surface area contributed by atoms with Crippen molar-refractivity contribution in [1.29, 1.82) is 0 Å². The van der Waals surface area contributed by atoms with Crippen LogP contribution in [0.25, 0.3) is 0 Å². The minimum Gasteiger partial charge on any atom is -0.384 e. The third kappa shape index (κ3) is 2.99. The Kier molecular flexibility index (Phi) is 4.18. The molecular formula is C14H11Cl3O. The standard InChI is InChI=1S/C14H11Cl3O/c1-8-4-9(6-11(16)5-8)14(18)12-3-2-10(15)7-13(12)17/h2-7,14,18H,1H3. The van der Waals surface area contributed by atoms with E-state index in [1.807, 2.05) is 19.1 Å². The van der Waals surface area contributed by atoms with Gasteiger partial charge in [0.25, 0.3) is 0 Å². The molecule has 18 heavy (non-hydrogen) atoms. The molecule has 2 rings (SSSR count). The molecule has 94 valence electrons. The van der Waals surface area contributed by atoms with Gasteiger partial charge in [0, 0.05) is 20.6 Å². The third-order valence-electron chi connectivity index (χ3n) is 2.64. The maximum absolute atomic E-state index is 10.3. The molecule has 0 heterocycles. The van der Waals surface area contributed by atoms with Crippen molar-refractivity contribution in [3.8, 4) is 0 Å². The Balaban J connectivity index is 2.44. The molecule has 0 aliphatic heterocycles. The van der Waals surface area contributed by atoms with Crippen molar-refractivity contribution in [1.82, 2.24) is 0 Å². The zero-order valence-electron chi connectivity index (χ0n) is 9.62. The van der Waals surface area contributed by atoms with Crippen LogP contribution in [-0.2, 0) is 0 Å². The average molecular weight is 302 g/mol. The van der Waals surface area contributed by atoms with Crippen LogP contribution in [0.1, 0.15) is 22.8 Å². The Bertz CT molecular complexity index is 561. The lowest BCUT2D eigenvalue weighted by Gasteiger charge is -2.14. The van der Waals surface area contributed by atoms with E-state index in [2.05, 4.69) is 0 Å². The van der Waals surface area contributed by atoms with E-state index in [-0.39, 0.29) is 0 Å². The van der Waals surface area contributed by atoms with E-state index < -0.39 is 6.10 Å². The van der Waals surface area contributed by atoms with Gasteiger partial charge >= 0.3 is 0 Å². The molecule has 0 amide bonds. The number of benzene rings is 2. The van der Waals surface area contributed by atoms with Crippen LogP contribution in [0.2, 0.25) is 15.1 Å². The molecule has 0 radical (unpaired) electrons. The first kappa shape index (κ1) is 13.7. The Morgan fingerprint density at radius 2 is 1.67 bits per heavy atom. The molecule has 0 fully saturated rings. The lowest BCUT2D eigenvalue weighted by atomic mass is 10.00. The van der Waals surface area contributed by atoms with Crippen molar-refractivity contribution in [2.45, 2.75) is 13.0 Å². The van der Waals surface area contributed by atoms with Crippen LogP contribution in [0, 0.1) is 6.92 Å². The zero-order chi connectivity index (χ0) is 13.3. The lowest BCUT2D eigenvalue weighted by molar-refractivity contribution is 0.220. The molecule has 1 atom stereocenters. The molecule has 0 saturated heterocycles. The quantitative estimate of drug-likeness (QED) is 0.824. The normalized spacial score (nSPS) is 12.5. The summed E-state index contributed by atoms with van der Waals surface area (Å²) in [4.78, 5) is 0. The Labute approximate surface area is 121 Å². The molecule has 1 N–H and O–H groups in total. The fourth-order valence-corrected chi connectivity index (χ4v) is 2.64. The SMILES string of the molecule is Cc1cc(Cl)cc(C(O)c2ccc(Cl)cc2Cl)c1. The molecule has 0 spiro atoms. The fraction of sp³-hybridized carbons (Fsp3) is 0.143. The van der Waals surface area contributed by atoms with Crippen molar-refractivity contribution in [3.63, 3.8) is 0 Å². The summed E-state index contributed by atoms with van der Waals surface area (Å²) in [7, 11) is 0. The number of rotatable bonds is 2. The predicted octanol–water partition coefficient (Wildman–Crippen LogP) is 5.04. The van der Waals surface area contributed by atoms with Crippen LogP contribution in [0.5, 0.6) is 0 Å². The molecular weight excluding hydrogens is 291 g/mol. The van der Waals surface area contributed by atoms with Crippen LogP contribution in [0.3, 0.4) is 0 Å². The number of halogens is 3. The monoisotopic (exact) mass is 300 g/mol. The Morgan fingerprint density at radius 3 is 2.28 bits per heavy atom. The number of aryl methyl sites for hydroxylation is 1. The molecule has 2 aromatic carbocycles. The van der Waals surface area contributed by atoms with Crippen molar-refractivity contribution < 1.29 is 5.11 Å². The summed E-state index contributed by atoms with van der Waals surface area (Å²) >= 11 is 17.9. The van der Waals surface area contributed by atoms with Crippen molar-refractivity contribution in [2.24, 2.45) is 0 Å². The maximum Gasteiger partial charge on any atom is 0.106 e. The summed E-state index contributed by atoms with van der Waals surface area (Å²) in [6, 6.07) is 10.5. The number of hydrogen-bond donors (Lipinski definition) is 1. The average Bonchev–Trinajstić information content (AvgIpc) is 2.26. The van der Waals surface area contributed by atoms with E-state index in [1.54, 1.807) is 24.3 Å². The van der Waals surface area contributed by atoms with Gasteiger partial charge in [-0.1, -0.05) is 46.9 Å². The van der Waals surface area contributed by atoms with Crippen LogP contribution in [0.15, 0.2) is 36.4 Å². The molecule has 0 aromatic heterocycles. The molecule has 1 nitrogen and oxygen atoms in total. The first-order valence-corrected chi connectivity index (χ1v) is 6.51. The summed E-state index contributed by atoms with van der Waals surface area (Å²) in [5, 5.41) is 11.9. The first-order chi connectivity index (χ1) is 8.47. The minimum atomic E-state index is -0.813. The number of hydrogen-bond acceptors (Lipinski definition) is 1. The highest BCUT2D eigenvalue weighted by atomic mass is 35.5. The van der Waals surface area contributed by atoms with Gasteiger partial charge in [-0.2, -0.15) is 0 Å². The molecule has 1 unspecified atom stereocenters. The molecule has 0 saturated carbocycles. The summed E-state index contributed by atoms with van der Waals surface area (Å²) < 4.78 is 0. The second kappa shape index (κ2) is 5.50. The lowest BCUT2D eigenvalue weighted by Crippen LogP contribution is -2.01. The van der Waals surface area contributed by atoms with Crippen molar-refractivity contribution in [2.75, 3.05) is 0 Å². The number of aliphatic hydroxyl groups is 1. The second-order valence-electron chi connectivity index (χ2n) is 4.13. The van der Waals surface area contributed by atoms with Gasteiger partial charge in [-0.25, -0.2) is 0 Å². The minimum absolute atomic E-state index is 0.438. The largest absolute Gasteiger partial charge is 0.384 e. The Hall–Kier alpha value is -0.730. The van der Waals surface area contributed by atoms with E-state index in [1.165, 1.54) is 0 Å². The van der Waals surface area contributed by atoms with Gasteiger partial charge in [-0.15, -0.1) is 0 Å². The van der Waals surface area contributed by atoms with Crippen molar-refractivity contribution >= 4 is 34.8 Å². The highest BCUT2D eigenvalue weighted by molar-refractivity contribution is 6.35. The molecule has 0 bridgehead atoms. The molecule has 4 heteroatoms. The van der Waals surface area contributed by atoms with E-state index >= 15 is 0 Å². The van der Waals surface area contributed by atoms with E-state index in [0.29, 0.717) is 26.2 Å². The van der Waals surface area contributed by atoms with Gasteiger partial charge in [0.2, 0.25) is 0 Å². The van der Waals surface area contributed by atoms with Crippen LogP contribution >= 0.6 is 34.8 Å². The third-order valence-corrected chi connectivity index (χ3v) is 3.42. The fourth-order valence-electron chi connectivity index (χ4n) is 1.83. The van der Waals surface area contributed by atoms with Crippen molar-refractivity contribution in [3.05, 3.63) is 68.2 Å². The van der Waals surface area contributed by atoms with E-state index in [4.69, 9.17) is 34.8 Å². The smallest absolute Gasteiger partial charge is 0.106 e. The number of aliphatic hydroxyl groups excluding tert-OH is 1. The van der Waals surface area contributed by atoms with E-state index in [9.17, 15) is 5.11 Å². The van der Waals surface area contributed by atoms with Gasteiger partial charge < -0.3 is 5.11 Å². The molecule has 2 aromatic rings. The van der Waals surface area contributed by atoms with Crippen LogP contribution in [-0.4, -0.2) is 5.11 Å². The topological polar surface area (TPSA) is 20.2 Å².